The number of rotatable bonds is 3. The van der Waals surface area contributed by atoms with Crippen molar-refractivity contribution in [2.45, 2.75) is 13.8 Å². The maximum atomic E-state index is 13.7. The van der Waals surface area contributed by atoms with Gasteiger partial charge in [-0.3, -0.25) is 9.48 Å². The number of amides is 1. The van der Waals surface area contributed by atoms with Crippen LogP contribution in [0.3, 0.4) is 0 Å². The molecule has 5 heteroatoms. The number of benzene rings is 2. The van der Waals surface area contributed by atoms with Crippen LogP contribution in [0.2, 0.25) is 0 Å². The lowest BCUT2D eigenvalue weighted by Crippen LogP contribution is -2.16. The third-order valence-electron chi connectivity index (χ3n) is 4.04. The molecule has 0 spiro atoms. The number of anilines is 1. The minimum Gasteiger partial charge on any atom is -0.318 e. The van der Waals surface area contributed by atoms with Gasteiger partial charge in [-0.2, -0.15) is 5.10 Å². The van der Waals surface area contributed by atoms with E-state index < -0.39 is 11.7 Å². The summed E-state index contributed by atoms with van der Waals surface area (Å²) >= 11 is 0. The molecule has 0 saturated heterocycles. The third-order valence-corrected chi connectivity index (χ3v) is 4.04. The van der Waals surface area contributed by atoms with Gasteiger partial charge in [-0.15, -0.1) is 0 Å². The van der Waals surface area contributed by atoms with Crippen LogP contribution in [0, 0.1) is 19.7 Å². The Balaban J connectivity index is 1.90. The second kappa shape index (κ2) is 6.28. The normalized spacial score (nSPS) is 10.7. The Kier molecular flexibility index (Phi) is 4.16. The zero-order valence-corrected chi connectivity index (χ0v) is 13.8. The van der Waals surface area contributed by atoms with Crippen molar-refractivity contribution < 1.29 is 9.18 Å². The number of hydrogen-bond acceptors (Lipinski definition) is 2. The first kappa shape index (κ1) is 15.9. The van der Waals surface area contributed by atoms with Crippen molar-refractivity contribution in [2.75, 3.05) is 5.32 Å². The number of aromatic nitrogens is 2. The number of para-hydroxylation sites is 1. The standard InChI is InChI=1S/C19H18FN3O/c1-12-8-9-14(10-13(12)2)17-11-18(23(3)22-17)19(24)21-16-7-5-4-6-15(16)20/h4-11H,1-3H3,(H,21,24). The number of aryl methyl sites for hydroxylation is 3. The van der Waals surface area contributed by atoms with E-state index >= 15 is 0 Å². The highest BCUT2D eigenvalue weighted by atomic mass is 19.1. The summed E-state index contributed by atoms with van der Waals surface area (Å²) in [5.41, 5.74) is 4.53. The Hall–Kier alpha value is -2.95. The van der Waals surface area contributed by atoms with Crippen LogP contribution in [0.1, 0.15) is 21.6 Å². The minimum atomic E-state index is -0.470. The first-order chi connectivity index (χ1) is 11.5. The fraction of sp³-hybridized carbons (Fsp3) is 0.158. The first-order valence-electron chi connectivity index (χ1n) is 7.63. The van der Waals surface area contributed by atoms with Gasteiger partial charge >= 0.3 is 0 Å². The van der Waals surface area contributed by atoms with E-state index in [1.807, 2.05) is 32.0 Å². The van der Waals surface area contributed by atoms with Gasteiger partial charge in [0.05, 0.1) is 11.4 Å². The highest BCUT2D eigenvalue weighted by Gasteiger charge is 2.16. The predicted molar refractivity (Wildman–Crippen MR) is 92.5 cm³/mol. The van der Waals surface area contributed by atoms with Gasteiger partial charge in [0.1, 0.15) is 11.5 Å². The summed E-state index contributed by atoms with van der Waals surface area (Å²) in [5.74, 6) is -0.868. The molecule has 0 aliphatic heterocycles. The average Bonchev–Trinajstić information content (AvgIpc) is 2.94. The van der Waals surface area contributed by atoms with Crippen molar-refractivity contribution in [3.63, 3.8) is 0 Å². The van der Waals surface area contributed by atoms with Crippen LogP contribution in [-0.4, -0.2) is 15.7 Å². The smallest absolute Gasteiger partial charge is 0.274 e. The van der Waals surface area contributed by atoms with Gasteiger partial charge in [0, 0.05) is 12.6 Å². The molecule has 1 heterocycles. The largest absolute Gasteiger partial charge is 0.318 e. The van der Waals surface area contributed by atoms with Gasteiger partial charge < -0.3 is 5.32 Å². The molecule has 0 aliphatic carbocycles. The number of carbonyl (C=O) groups is 1. The molecule has 2 aromatic carbocycles. The maximum Gasteiger partial charge on any atom is 0.274 e. The van der Waals surface area contributed by atoms with E-state index in [9.17, 15) is 9.18 Å². The van der Waals surface area contributed by atoms with Crippen LogP contribution < -0.4 is 5.32 Å². The van der Waals surface area contributed by atoms with Crippen molar-refractivity contribution in [2.24, 2.45) is 7.05 Å². The second-order valence-electron chi connectivity index (χ2n) is 5.77. The topological polar surface area (TPSA) is 46.9 Å². The summed E-state index contributed by atoms with van der Waals surface area (Å²) in [4.78, 5) is 12.4. The summed E-state index contributed by atoms with van der Waals surface area (Å²) in [5, 5.41) is 6.98. The number of hydrogen-bond donors (Lipinski definition) is 1. The first-order valence-corrected chi connectivity index (χ1v) is 7.63. The fourth-order valence-electron chi connectivity index (χ4n) is 2.47. The summed E-state index contributed by atoms with van der Waals surface area (Å²) < 4.78 is 15.2. The number of halogens is 1. The molecule has 122 valence electrons. The number of carbonyl (C=O) groups excluding carboxylic acids is 1. The fourth-order valence-corrected chi connectivity index (χ4v) is 2.47. The van der Waals surface area contributed by atoms with E-state index in [4.69, 9.17) is 0 Å². The van der Waals surface area contributed by atoms with E-state index in [0.717, 1.165) is 11.1 Å². The van der Waals surface area contributed by atoms with Crippen LogP contribution in [-0.2, 0) is 7.05 Å². The summed E-state index contributed by atoms with van der Waals surface area (Å²) in [6.07, 6.45) is 0. The molecular formula is C19H18FN3O. The quantitative estimate of drug-likeness (QED) is 0.789. The van der Waals surface area contributed by atoms with Gasteiger partial charge in [0.15, 0.2) is 0 Å². The van der Waals surface area contributed by atoms with E-state index in [1.165, 1.54) is 22.4 Å². The Bertz CT molecular complexity index is 915. The van der Waals surface area contributed by atoms with Gasteiger partial charge in [-0.25, -0.2) is 4.39 Å². The second-order valence-corrected chi connectivity index (χ2v) is 5.77. The van der Waals surface area contributed by atoms with Gasteiger partial charge in [0.2, 0.25) is 0 Å². The molecule has 0 saturated carbocycles. The third kappa shape index (κ3) is 3.06. The van der Waals surface area contributed by atoms with Gasteiger partial charge in [0.25, 0.3) is 5.91 Å². The molecule has 0 unspecified atom stereocenters. The Morgan fingerprint density at radius 2 is 1.83 bits per heavy atom. The predicted octanol–water partition coefficient (Wildman–Crippen LogP) is 4.10. The molecule has 0 atom stereocenters. The minimum absolute atomic E-state index is 0.149. The lowest BCUT2D eigenvalue weighted by molar-refractivity contribution is 0.101. The SMILES string of the molecule is Cc1ccc(-c2cc(C(=O)Nc3ccccc3F)n(C)n2)cc1C. The molecule has 4 nitrogen and oxygen atoms in total. The van der Waals surface area contributed by atoms with Crippen LogP contribution in [0.4, 0.5) is 10.1 Å². The monoisotopic (exact) mass is 323 g/mol. The molecular weight excluding hydrogens is 305 g/mol. The number of nitrogens with zero attached hydrogens (tertiary/aromatic N) is 2. The van der Waals surface area contributed by atoms with Crippen molar-refractivity contribution in [1.29, 1.82) is 0 Å². The molecule has 0 bridgehead atoms. The molecule has 0 aliphatic rings. The molecule has 1 amide bonds. The molecule has 1 aromatic heterocycles. The lowest BCUT2D eigenvalue weighted by atomic mass is 10.0. The van der Waals surface area contributed by atoms with E-state index in [1.54, 1.807) is 25.2 Å². The highest BCUT2D eigenvalue weighted by molar-refractivity contribution is 6.03. The van der Waals surface area contributed by atoms with Gasteiger partial charge in [-0.1, -0.05) is 24.3 Å². The van der Waals surface area contributed by atoms with E-state index in [0.29, 0.717) is 11.4 Å². The zero-order valence-electron chi connectivity index (χ0n) is 13.8. The van der Waals surface area contributed by atoms with Crippen molar-refractivity contribution in [3.05, 3.63) is 71.2 Å². The molecule has 3 rings (SSSR count). The van der Waals surface area contributed by atoms with Crippen LogP contribution in [0.5, 0.6) is 0 Å². The number of nitrogens with one attached hydrogen (secondary N) is 1. The maximum absolute atomic E-state index is 13.7. The lowest BCUT2D eigenvalue weighted by Gasteiger charge is -2.05. The zero-order chi connectivity index (χ0) is 17.3. The molecule has 0 radical (unpaired) electrons. The van der Waals surface area contributed by atoms with Gasteiger partial charge in [-0.05, 0) is 49.2 Å². The average molecular weight is 323 g/mol. The Labute approximate surface area is 139 Å². The van der Waals surface area contributed by atoms with Crippen LogP contribution in [0.15, 0.2) is 48.5 Å². The summed E-state index contributed by atoms with van der Waals surface area (Å²) in [7, 11) is 1.70. The van der Waals surface area contributed by atoms with Crippen molar-refractivity contribution >= 4 is 11.6 Å². The van der Waals surface area contributed by atoms with Crippen LogP contribution >= 0.6 is 0 Å². The molecule has 1 N–H and O–H groups in total. The van der Waals surface area contributed by atoms with Crippen molar-refractivity contribution in [3.8, 4) is 11.3 Å². The van der Waals surface area contributed by atoms with Crippen molar-refractivity contribution in [1.82, 2.24) is 9.78 Å². The molecule has 3 aromatic rings. The highest BCUT2D eigenvalue weighted by Crippen LogP contribution is 2.22. The Morgan fingerprint density at radius 1 is 1.08 bits per heavy atom. The van der Waals surface area contributed by atoms with Crippen LogP contribution in [0.25, 0.3) is 11.3 Å². The van der Waals surface area contributed by atoms with E-state index in [-0.39, 0.29) is 5.69 Å². The van der Waals surface area contributed by atoms with E-state index in [2.05, 4.69) is 10.4 Å². The Morgan fingerprint density at radius 3 is 2.54 bits per heavy atom. The molecule has 0 fully saturated rings. The summed E-state index contributed by atoms with van der Waals surface area (Å²) in [6, 6.07) is 13.8. The molecule has 24 heavy (non-hydrogen) atoms. The summed E-state index contributed by atoms with van der Waals surface area (Å²) in [6.45, 7) is 4.08.